The Hall–Kier alpha value is -2.60. The van der Waals surface area contributed by atoms with E-state index < -0.39 is 0 Å². The first kappa shape index (κ1) is 17.8. The molecule has 1 fully saturated rings. The van der Waals surface area contributed by atoms with Gasteiger partial charge in [-0.25, -0.2) is 9.78 Å². The molecule has 0 radical (unpaired) electrons. The van der Waals surface area contributed by atoms with Crippen LogP contribution in [0.15, 0.2) is 48.5 Å². The molecule has 3 aromatic rings. The first-order valence-electron chi connectivity index (χ1n) is 9.44. The Kier molecular flexibility index (Phi) is 5.25. The van der Waals surface area contributed by atoms with Gasteiger partial charge >= 0.3 is 6.03 Å². The van der Waals surface area contributed by atoms with Gasteiger partial charge in [0.1, 0.15) is 0 Å². The Labute approximate surface area is 163 Å². The number of nitrogens with one attached hydrogen (secondary N) is 1. The van der Waals surface area contributed by atoms with E-state index in [1.54, 1.807) is 11.3 Å². The lowest BCUT2D eigenvalue weighted by molar-refractivity contribution is 0.194. The van der Waals surface area contributed by atoms with Crippen LogP contribution in [-0.2, 0) is 13.0 Å². The Morgan fingerprint density at radius 3 is 2.59 bits per heavy atom. The third-order valence-electron chi connectivity index (χ3n) is 4.97. The monoisotopic (exact) mass is 380 g/mol. The van der Waals surface area contributed by atoms with E-state index in [1.165, 1.54) is 10.3 Å². The van der Waals surface area contributed by atoms with Crippen LogP contribution < -0.4 is 10.2 Å². The number of nitrogens with zero attached hydrogens (tertiary/aromatic N) is 3. The largest absolute Gasteiger partial charge is 0.345 e. The van der Waals surface area contributed by atoms with E-state index in [1.807, 2.05) is 35.2 Å². The number of carbonyl (C=O) groups is 1. The van der Waals surface area contributed by atoms with Gasteiger partial charge in [-0.15, -0.1) is 0 Å². The van der Waals surface area contributed by atoms with Gasteiger partial charge in [0.15, 0.2) is 5.13 Å². The van der Waals surface area contributed by atoms with Crippen molar-refractivity contribution >= 4 is 32.7 Å². The predicted molar refractivity (Wildman–Crippen MR) is 111 cm³/mol. The van der Waals surface area contributed by atoms with Crippen LogP contribution in [0.1, 0.15) is 18.1 Å². The quantitative estimate of drug-likeness (QED) is 0.747. The summed E-state index contributed by atoms with van der Waals surface area (Å²) in [6.45, 7) is 5.81. The highest BCUT2D eigenvalue weighted by atomic mass is 32.1. The topological polar surface area (TPSA) is 48.5 Å². The van der Waals surface area contributed by atoms with Gasteiger partial charge in [0.2, 0.25) is 0 Å². The molecule has 0 atom stereocenters. The van der Waals surface area contributed by atoms with Crippen LogP contribution >= 0.6 is 11.3 Å². The smallest absolute Gasteiger partial charge is 0.317 e. The second-order valence-electron chi connectivity index (χ2n) is 6.77. The van der Waals surface area contributed by atoms with Crippen LogP contribution in [-0.4, -0.2) is 42.1 Å². The molecule has 0 saturated carbocycles. The van der Waals surface area contributed by atoms with Gasteiger partial charge in [-0.2, -0.15) is 0 Å². The Morgan fingerprint density at radius 1 is 1.07 bits per heavy atom. The first-order valence-corrected chi connectivity index (χ1v) is 10.3. The molecule has 0 spiro atoms. The molecular weight excluding hydrogens is 356 g/mol. The van der Waals surface area contributed by atoms with Crippen molar-refractivity contribution in [2.45, 2.75) is 19.9 Å². The molecule has 0 bridgehead atoms. The van der Waals surface area contributed by atoms with Crippen LogP contribution in [0.5, 0.6) is 0 Å². The third kappa shape index (κ3) is 4.06. The molecule has 2 aromatic carbocycles. The second-order valence-corrected chi connectivity index (χ2v) is 7.78. The number of piperazine rings is 1. The average Bonchev–Trinajstić information content (AvgIpc) is 3.16. The van der Waals surface area contributed by atoms with Gasteiger partial charge in [-0.1, -0.05) is 54.7 Å². The molecule has 5 nitrogen and oxygen atoms in total. The number of aryl methyl sites for hydroxylation is 1. The Morgan fingerprint density at radius 2 is 1.85 bits per heavy atom. The number of anilines is 1. The number of amides is 2. The first-order chi connectivity index (χ1) is 13.2. The maximum Gasteiger partial charge on any atom is 0.317 e. The minimum atomic E-state index is 0.00962. The van der Waals surface area contributed by atoms with Crippen molar-refractivity contribution in [1.82, 2.24) is 15.2 Å². The molecule has 4 rings (SSSR count). The van der Waals surface area contributed by atoms with E-state index in [4.69, 9.17) is 4.98 Å². The van der Waals surface area contributed by atoms with E-state index in [0.717, 1.165) is 48.8 Å². The maximum absolute atomic E-state index is 12.4. The van der Waals surface area contributed by atoms with E-state index in [9.17, 15) is 4.79 Å². The van der Waals surface area contributed by atoms with E-state index in [-0.39, 0.29) is 6.03 Å². The number of carbonyl (C=O) groups excluding carboxylic acids is 1. The summed E-state index contributed by atoms with van der Waals surface area (Å²) >= 11 is 1.75. The number of aromatic nitrogens is 1. The number of hydrogen-bond donors (Lipinski definition) is 1. The minimum absolute atomic E-state index is 0.00962. The fourth-order valence-corrected chi connectivity index (χ4v) is 4.38. The van der Waals surface area contributed by atoms with Crippen molar-refractivity contribution in [3.8, 4) is 0 Å². The molecule has 0 aliphatic carbocycles. The van der Waals surface area contributed by atoms with Gasteiger partial charge in [0, 0.05) is 32.7 Å². The van der Waals surface area contributed by atoms with Crippen LogP contribution in [0, 0.1) is 0 Å². The molecule has 1 N–H and O–H groups in total. The van der Waals surface area contributed by atoms with E-state index in [0.29, 0.717) is 6.54 Å². The van der Waals surface area contributed by atoms with E-state index >= 15 is 0 Å². The number of fused-ring (bicyclic) bond motifs is 1. The van der Waals surface area contributed by atoms with Crippen molar-refractivity contribution in [2.24, 2.45) is 0 Å². The molecule has 1 aromatic heterocycles. The summed E-state index contributed by atoms with van der Waals surface area (Å²) in [5.74, 6) is 0. The molecule has 6 heteroatoms. The standard InChI is InChI=1S/C21H24N4OS/c1-2-16-8-9-18-19(14-16)27-21(23-18)25-12-10-24(11-13-25)20(26)22-15-17-6-4-3-5-7-17/h3-9,14H,2,10-13,15H2,1H3,(H,22,26). The number of benzene rings is 2. The van der Waals surface area contributed by atoms with Crippen LogP contribution in [0.3, 0.4) is 0 Å². The summed E-state index contributed by atoms with van der Waals surface area (Å²) in [7, 11) is 0. The Bertz CT molecular complexity index is 916. The van der Waals surface area contributed by atoms with Crippen molar-refractivity contribution in [2.75, 3.05) is 31.1 Å². The molecule has 2 amide bonds. The van der Waals surface area contributed by atoms with Crippen molar-refractivity contribution in [1.29, 1.82) is 0 Å². The zero-order valence-electron chi connectivity index (χ0n) is 15.5. The van der Waals surface area contributed by atoms with Gasteiger partial charge in [-0.05, 0) is 29.7 Å². The number of rotatable bonds is 4. The van der Waals surface area contributed by atoms with Crippen molar-refractivity contribution in [3.05, 3.63) is 59.7 Å². The lowest BCUT2D eigenvalue weighted by Gasteiger charge is -2.34. The molecular formula is C21H24N4OS. The third-order valence-corrected chi connectivity index (χ3v) is 6.05. The minimum Gasteiger partial charge on any atom is -0.345 e. The molecule has 1 aliphatic rings. The second kappa shape index (κ2) is 7.96. The summed E-state index contributed by atoms with van der Waals surface area (Å²) in [6.07, 6.45) is 1.04. The highest BCUT2D eigenvalue weighted by Crippen LogP contribution is 2.30. The summed E-state index contributed by atoms with van der Waals surface area (Å²) in [4.78, 5) is 21.4. The molecule has 27 heavy (non-hydrogen) atoms. The Balaban J connectivity index is 1.33. The summed E-state index contributed by atoms with van der Waals surface area (Å²) in [5.41, 5.74) is 3.53. The van der Waals surface area contributed by atoms with Crippen LogP contribution in [0.2, 0.25) is 0 Å². The molecule has 140 valence electrons. The van der Waals surface area contributed by atoms with Crippen LogP contribution in [0.25, 0.3) is 10.2 Å². The zero-order valence-corrected chi connectivity index (χ0v) is 16.3. The van der Waals surface area contributed by atoms with Gasteiger partial charge in [0.05, 0.1) is 10.2 Å². The average molecular weight is 381 g/mol. The van der Waals surface area contributed by atoms with Gasteiger partial charge in [-0.3, -0.25) is 0 Å². The lowest BCUT2D eigenvalue weighted by atomic mass is 10.2. The van der Waals surface area contributed by atoms with Crippen molar-refractivity contribution < 1.29 is 4.79 Å². The zero-order chi connectivity index (χ0) is 18.6. The fraction of sp³-hybridized carbons (Fsp3) is 0.333. The SMILES string of the molecule is CCc1ccc2nc(N3CCN(C(=O)NCc4ccccc4)CC3)sc2c1. The van der Waals surface area contributed by atoms with Gasteiger partial charge in [0.25, 0.3) is 0 Å². The number of urea groups is 1. The van der Waals surface area contributed by atoms with Crippen LogP contribution in [0.4, 0.5) is 9.93 Å². The highest BCUT2D eigenvalue weighted by Gasteiger charge is 2.23. The fourth-order valence-electron chi connectivity index (χ4n) is 3.30. The number of thiazole rings is 1. The summed E-state index contributed by atoms with van der Waals surface area (Å²) in [5, 5.41) is 4.07. The van der Waals surface area contributed by atoms with E-state index in [2.05, 4.69) is 35.3 Å². The normalized spacial score (nSPS) is 14.6. The van der Waals surface area contributed by atoms with Gasteiger partial charge < -0.3 is 15.1 Å². The molecule has 1 aliphatic heterocycles. The molecule has 0 unspecified atom stereocenters. The summed E-state index contributed by atoms with van der Waals surface area (Å²) in [6, 6.07) is 16.5. The molecule has 2 heterocycles. The lowest BCUT2D eigenvalue weighted by Crippen LogP contribution is -2.51. The molecule has 1 saturated heterocycles. The summed E-state index contributed by atoms with van der Waals surface area (Å²) < 4.78 is 1.24. The highest BCUT2D eigenvalue weighted by molar-refractivity contribution is 7.22. The van der Waals surface area contributed by atoms with Crippen molar-refractivity contribution in [3.63, 3.8) is 0 Å². The maximum atomic E-state index is 12.4. The number of hydrogen-bond acceptors (Lipinski definition) is 4. The predicted octanol–water partition coefficient (Wildman–Crippen LogP) is 3.89.